The first kappa shape index (κ1) is 23.1. The van der Waals surface area contributed by atoms with Crippen molar-refractivity contribution in [3.63, 3.8) is 0 Å². The molecule has 2 N–H and O–H groups in total. The molecule has 0 saturated carbocycles. The zero-order valence-electron chi connectivity index (χ0n) is 17.0. The number of esters is 1. The van der Waals surface area contributed by atoms with Gasteiger partial charge in [-0.25, -0.2) is 4.79 Å². The number of ether oxygens (including phenoxy) is 2. The second kappa shape index (κ2) is 11.1. The number of halogens is 1. The van der Waals surface area contributed by atoms with Crippen LogP contribution in [0.2, 0.25) is 5.02 Å². The van der Waals surface area contributed by atoms with Crippen LogP contribution in [0.15, 0.2) is 67.0 Å². The number of carbonyl (C=O) groups is 1. The molecule has 0 aliphatic carbocycles. The van der Waals surface area contributed by atoms with Crippen molar-refractivity contribution in [3.05, 3.63) is 88.7 Å². The number of phenolic OH excluding ortho intramolecular Hbond substituents is 2. The quantitative estimate of drug-likeness (QED) is 0.216. The fraction of sp³-hybridized carbons (Fsp3) is 0.208. The lowest BCUT2D eigenvalue weighted by Gasteiger charge is -2.19. The van der Waals surface area contributed by atoms with Crippen LogP contribution in [0.1, 0.15) is 47.4 Å². The first-order valence-electron chi connectivity index (χ1n) is 9.46. The lowest BCUT2D eigenvalue weighted by Crippen LogP contribution is -2.13. The molecule has 0 spiro atoms. The van der Waals surface area contributed by atoms with Gasteiger partial charge >= 0.3 is 5.97 Å². The third-order valence-corrected chi connectivity index (χ3v) is 4.70. The maximum absolute atomic E-state index is 13.0. The summed E-state index contributed by atoms with van der Waals surface area (Å²) in [5, 5.41) is 20.4. The number of hydrogen-bond donors (Lipinski definition) is 2. The van der Waals surface area contributed by atoms with E-state index in [0.29, 0.717) is 12.2 Å². The van der Waals surface area contributed by atoms with Crippen LogP contribution < -0.4 is 0 Å². The molecule has 0 radical (unpaired) electrons. The predicted molar refractivity (Wildman–Crippen MR) is 119 cm³/mol. The summed E-state index contributed by atoms with van der Waals surface area (Å²) < 4.78 is 11.0. The molecule has 0 aliphatic rings. The minimum absolute atomic E-state index is 0.0980. The summed E-state index contributed by atoms with van der Waals surface area (Å²) in [5.41, 5.74) is 0.722. The van der Waals surface area contributed by atoms with E-state index in [1.165, 1.54) is 13.2 Å². The average molecular weight is 429 g/mol. The van der Waals surface area contributed by atoms with Crippen molar-refractivity contribution in [2.45, 2.75) is 25.9 Å². The van der Waals surface area contributed by atoms with E-state index in [2.05, 4.69) is 6.58 Å². The molecule has 30 heavy (non-hydrogen) atoms. The summed E-state index contributed by atoms with van der Waals surface area (Å²) in [6.45, 7) is 5.68. The van der Waals surface area contributed by atoms with E-state index in [1.807, 2.05) is 43.3 Å². The smallest absolute Gasteiger partial charge is 0.343 e. The normalized spacial score (nSPS) is 12.6. The number of rotatable bonds is 9. The molecule has 5 nitrogen and oxygen atoms in total. The van der Waals surface area contributed by atoms with Gasteiger partial charge in [-0.15, -0.1) is 6.58 Å². The number of hydrogen-bond acceptors (Lipinski definition) is 5. The Morgan fingerprint density at radius 3 is 2.53 bits per heavy atom. The Morgan fingerprint density at radius 1 is 1.23 bits per heavy atom. The Labute approximate surface area is 181 Å². The van der Waals surface area contributed by atoms with Gasteiger partial charge in [-0.1, -0.05) is 61.0 Å². The highest BCUT2D eigenvalue weighted by molar-refractivity contribution is 6.34. The lowest BCUT2D eigenvalue weighted by atomic mass is 10.0. The molecule has 158 valence electrons. The minimum Gasteiger partial charge on any atom is -0.507 e. The van der Waals surface area contributed by atoms with Crippen molar-refractivity contribution in [1.29, 1.82) is 0 Å². The lowest BCUT2D eigenvalue weighted by molar-refractivity contribution is 0.0300. The SMILES string of the molecule is C=CCC(OC(=O)c1c(O)cc(O)c(Cl)c1/C=C(/C=C/CC)OC)c1ccccc1. The van der Waals surface area contributed by atoms with Gasteiger partial charge in [0.2, 0.25) is 0 Å². The van der Waals surface area contributed by atoms with E-state index >= 15 is 0 Å². The summed E-state index contributed by atoms with van der Waals surface area (Å²) in [6, 6.07) is 10.2. The zero-order valence-corrected chi connectivity index (χ0v) is 17.7. The van der Waals surface area contributed by atoms with Crippen LogP contribution in [-0.2, 0) is 9.47 Å². The van der Waals surface area contributed by atoms with Crippen LogP contribution >= 0.6 is 11.6 Å². The van der Waals surface area contributed by atoms with Gasteiger partial charge in [-0.05, 0) is 24.1 Å². The maximum atomic E-state index is 13.0. The van der Waals surface area contributed by atoms with Crippen molar-refractivity contribution in [2.75, 3.05) is 7.11 Å². The molecule has 0 amide bonds. The second-order valence-electron chi connectivity index (χ2n) is 6.41. The Balaban J connectivity index is 2.52. The third kappa shape index (κ3) is 5.67. The van der Waals surface area contributed by atoms with E-state index in [1.54, 1.807) is 12.2 Å². The Kier molecular flexibility index (Phi) is 8.56. The number of aromatic hydroxyl groups is 2. The number of phenols is 2. The number of benzene rings is 2. The molecule has 0 bridgehead atoms. The average Bonchev–Trinajstić information content (AvgIpc) is 2.74. The van der Waals surface area contributed by atoms with E-state index in [0.717, 1.165) is 18.1 Å². The summed E-state index contributed by atoms with van der Waals surface area (Å²) in [6.07, 6.45) is 7.24. The van der Waals surface area contributed by atoms with Gasteiger partial charge in [-0.2, -0.15) is 0 Å². The van der Waals surface area contributed by atoms with Crippen LogP contribution in [0.5, 0.6) is 11.5 Å². The second-order valence-corrected chi connectivity index (χ2v) is 6.79. The van der Waals surface area contributed by atoms with Crippen molar-refractivity contribution in [1.82, 2.24) is 0 Å². The molecule has 2 aromatic carbocycles. The summed E-state index contributed by atoms with van der Waals surface area (Å²) in [7, 11) is 1.47. The van der Waals surface area contributed by atoms with Gasteiger partial charge in [0.05, 0.1) is 12.1 Å². The van der Waals surface area contributed by atoms with E-state index in [-0.39, 0.29) is 21.9 Å². The van der Waals surface area contributed by atoms with Crippen LogP contribution in [0.3, 0.4) is 0 Å². The minimum atomic E-state index is -0.786. The first-order chi connectivity index (χ1) is 14.4. The van der Waals surface area contributed by atoms with Crippen molar-refractivity contribution in [2.24, 2.45) is 0 Å². The van der Waals surface area contributed by atoms with Gasteiger partial charge in [0.15, 0.2) is 0 Å². The number of methoxy groups -OCH3 is 1. The molecule has 2 aromatic rings. The molecular weight excluding hydrogens is 404 g/mol. The highest BCUT2D eigenvalue weighted by atomic mass is 35.5. The highest BCUT2D eigenvalue weighted by Crippen LogP contribution is 2.39. The fourth-order valence-electron chi connectivity index (χ4n) is 2.81. The Bertz CT molecular complexity index is 948. The third-order valence-electron chi connectivity index (χ3n) is 4.31. The molecule has 0 heterocycles. The van der Waals surface area contributed by atoms with E-state index in [9.17, 15) is 15.0 Å². The summed E-state index contributed by atoms with van der Waals surface area (Å²) >= 11 is 6.25. The molecule has 1 unspecified atom stereocenters. The standard InChI is InChI=1S/C24H25ClO5/c1-4-6-13-17(29-3)14-18-22(19(26)15-20(27)23(18)25)24(28)30-21(10-5-2)16-11-8-7-9-12-16/h5-9,11-15,21,26-27H,2,4,10H2,1,3H3/b13-6+,17-14-. The van der Waals surface area contributed by atoms with Crippen molar-refractivity contribution < 1.29 is 24.5 Å². The largest absolute Gasteiger partial charge is 0.507 e. The number of carbonyl (C=O) groups excluding carboxylic acids is 1. The maximum Gasteiger partial charge on any atom is 0.343 e. The first-order valence-corrected chi connectivity index (χ1v) is 9.84. The molecule has 2 rings (SSSR count). The van der Waals surface area contributed by atoms with Crippen molar-refractivity contribution in [3.8, 4) is 11.5 Å². The molecule has 0 aromatic heterocycles. The molecule has 1 atom stereocenters. The highest BCUT2D eigenvalue weighted by Gasteiger charge is 2.25. The van der Waals surface area contributed by atoms with Gasteiger partial charge in [-0.3, -0.25) is 0 Å². The van der Waals surface area contributed by atoms with Gasteiger partial charge in [0, 0.05) is 18.1 Å². The van der Waals surface area contributed by atoms with Gasteiger partial charge in [0.25, 0.3) is 0 Å². The molecular formula is C24H25ClO5. The van der Waals surface area contributed by atoms with Crippen molar-refractivity contribution >= 4 is 23.6 Å². The molecule has 6 heteroatoms. The van der Waals surface area contributed by atoms with Crippen LogP contribution in [0.25, 0.3) is 6.08 Å². The molecule has 0 aliphatic heterocycles. The van der Waals surface area contributed by atoms with Gasteiger partial charge in [0.1, 0.15) is 28.9 Å². The van der Waals surface area contributed by atoms with Gasteiger partial charge < -0.3 is 19.7 Å². The fourth-order valence-corrected chi connectivity index (χ4v) is 3.02. The van der Waals surface area contributed by atoms with Crippen LogP contribution in [0.4, 0.5) is 0 Å². The molecule has 0 saturated heterocycles. The Morgan fingerprint density at radius 2 is 1.93 bits per heavy atom. The van der Waals surface area contributed by atoms with E-state index in [4.69, 9.17) is 21.1 Å². The molecule has 0 fully saturated rings. The topological polar surface area (TPSA) is 76.0 Å². The summed E-state index contributed by atoms with van der Waals surface area (Å²) in [4.78, 5) is 13.0. The predicted octanol–water partition coefficient (Wildman–Crippen LogP) is 6.18. The zero-order chi connectivity index (χ0) is 22.1. The van der Waals surface area contributed by atoms with E-state index < -0.39 is 17.8 Å². The Hall–Kier alpha value is -3.18. The van der Waals surface area contributed by atoms with Crippen LogP contribution in [-0.4, -0.2) is 23.3 Å². The monoisotopic (exact) mass is 428 g/mol. The number of allylic oxidation sites excluding steroid dienone is 2. The summed E-state index contributed by atoms with van der Waals surface area (Å²) in [5.74, 6) is -1.21. The van der Waals surface area contributed by atoms with Crippen LogP contribution in [0, 0.1) is 0 Å².